The van der Waals surface area contributed by atoms with Gasteiger partial charge in [0.2, 0.25) is 5.82 Å². The van der Waals surface area contributed by atoms with Gasteiger partial charge in [0.25, 0.3) is 0 Å². The molecular formula is C10H12BrN3O2. The monoisotopic (exact) mass is 285 g/mol. The molecule has 0 unspecified atom stereocenters. The van der Waals surface area contributed by atoms with Crippen molar-refractivity contribution < 1.29 is 4.92 Å². The zero-order valence-corrected chi connectivity index (χ0v) is 10.4. The molecule has 6 heteroatoms. The number of anilines is 1. The van der Waals surface area contributed by atoms with Crippen LogP contribution in [-0.4, -0.2) is 15.9 Å². The van der Waals surface area contributed by atoms with Gasteiger partial charge in [-0.25, -0.2) is 4.98 Å². The molecule has 0 aromatic carbocycles. The third-order valence-electron chi connectivity index (χ3n) is 2.75. The number of hydrogen-bond acceptors (Lipinski definition) is 4. The van der Waals surface area contributed by atoms with Crippen LogP contribution in [0.25, 0.3) is 0 Å². The van der Waals surface area contributed by atoms with Gasteiger partial charge in [-0.2, -0.15) is 0 Å². The summed E-state index contributed by atoms with van der Waals surface area (Å²) in [5.41, 5.74) is 0.0222. The minimum absolute atomic E-state index is 0.0222. The number of nitrogens with one attached hydrogen (secondary N) is 1. The van der Waals surface area contributed by atoms with Gasteiger partial charge < -0.3 is 5.32 Å². The fraction of sp³-hybridized carbons (Fsp3) is 0.500. The van der Waals surface area contributed by atoms with E-state index in [9.17, 15) is 10.1 Å². The molecule has 86 valence electrons. The predicted octanol–water partition coefficient (Wildman–Crippen LogP) is 2.96. The molecular weight excluding hydrogens is 274 g/mol. The molecule has 1 aromatic heterocycles. The predicted molar refractivity (Wildman–Crippen MR) is 64.4 cm³/mol. The van der Waals surface area contributed by atoms with E-state index in [0.29, 0.717) is 22.3 Å². The summed E-state index contributed by atoms with van der Waals surface area (Å²) in [6, 6.07) is 1.79. The molecule has 0 saturated heterocycles. The van der Waals surface area contributed by atoms with Crippen molar-refractivity contribution in [2.75, 3.05) is 5.32 Å². The lowest BCUT2D eigenvalue weighted by Crippen LogP contribution is -2.34. The summed E-state index contributed by atoms with van der Waals surface area (Å²) in [5, 5.41) is 13.9. The van der Waals surface area contributed by atoms with Gasteiger partial charge in [0.1, 0.15) is 0 Å². The Labute approximate surface area is 102 Å². The first-order valence-electron chi connectivity index (χ1n) is 5.12. The summed E-state index contributed by atoms with van der Waals surface area (Å²) < 4.78 is 0.617. The Hall–Kier alpha value is -1.17. The highest BCUT2D eigenvalue weighted by Gasteiger charge is 2.27. The summed E-state index contributed by atoms with van der Waals surface area (Å²) in [6.07, 6.45) is 3.67. The summed E-state index contributed by atoms with van der Waals surface area (Å²) in [4.78, 5) is 14.5. The van der Waals surface area contributed by atoms with Crippen molar-refractivity contribution in [3.05, 3.63) is 26.9 Å². The number of hydrogen-bond donors (Lipinski definition) is 1. The van der Waals surface area contributed by atoms with Gasteiger partial charge in [-0.1, -0.05) is 6.92 Å². The number of aromatic nitrogens is 1. The first-order chi connectivity index (χ1) is 7.56. The van der Waals surface area contributed by atoms with E-state index in [0.717, 1.165) is 12.8 Å². The normalized spacial score (nSPS) is 23.6. The highest BCUT2D eigenvalue weighted by molar-refractivity contribution is 9.10. The smallest absolute Gasteiger partial charge is 0.312 e. The van der Waals surface area contributed by atoms with Crippen LogP contribution in [0.5, 0.6) is 0 Å². The Kier molecular flexibility index (Phi) is 3.09. The number of rotatable bonds is 3. The molecule has 1 fully saturated rings. The topological polar surface area (TPSA) is 68.1 Å². The van der Waals surface area contributed by atoms with Crippen LogP contribution in [0.2, 0.25) is 0 Å². The first kappa shape index (κ1) is 11.3. The van der Waals surface area contributed by atoms with E-state index >= 15 is 0 Å². The van der Waals surface area contributed by atoms with Crippen LogP contribution >= 0.6 is 15.9 Å². The number of pyridine rings is 1. The summed E-state index contributed by atoms with van der Waals surface area (Å²) in [7, 11) is 0. The maximum atomic E-state index is 10.8. The van der Waals surface area contributed by atoms with Crippen LogP contribution < -0.4 is 5.32 Å². The van der Waals surface area contributed by atoms with Gasteiger partial charge in [0.15, 0.2) is 0 Å². The Bertz CT molecular complexity index is 419. The lowest BCUT2D eigenvalue weighted by molar-refractivity contribution is -0.384. The zero-order valence-electron chi connectivity index (χ0n) is 8.81. The van der Waals surface area contributed by atoms with Crippen molar-refractivity contribution in [2.45, 2.75) is 25.8 Å². The molecule has 0 bridgehead atoms. The first-order valence-corrected chi connectivity index (χ1v) is 5.92. The van der Waals surface area contributed by atoms with Crippen molar-refractivity contribution in [1.82, 2.24) is 4.98 Å². The van der Waals surface area contributed by atoms with E-state index < -0.39 is 4.92 Å². The molecule has 1 saturated carbocycles. The molecule has 0 spiro atoms. The van der Waals surface area contributed by atoms with Gasteiger partial charge in [-0.15, -0.1) is 0 Å². The molecule has 0 aliphatic heterocycles. The van der Waals surface area contributed by atoms with Crippen LogP contribution in [-0.2, 0) is 0 Å². The summed E-state index contributed by atoms with van der Waals surface area (Å²) in [5.74, 6) is 1.07. The van der Waals surface area contributed by atoms with Crippen molar-refractivity contribution >= 4 is 27.4 Å². The molecule has 1 aliphatic carbocycles. The minimum Gasteiger partial charge on any atom is -0.362 e. The third kappa shape index (κ3) is 2.32. The van der Waals surface area contributed by atoms with Gasteiger partial charge in [-0.3, -0.25) is 10.1 Å². The lowest BCUT2D eigenvalue weighted by Gasteiger charge is -2.33. The molecule has 1 heterocycles. The largest absolute Gasteiger partial charge is 0.362 e. The average Bonchev–Trinajstić information content (AvgIpc) is 2.17. The van der Waals surface area contributed by atoms with Crippen molar-refractivity contribution in [3.8, 4) is 0 Å². The summed E-state index contributed by atoms with van der Waals surface area (Å²) in [6.45, 7) is 2.17. The van der Waals surface area contributed by atoms with Crippen LogP contribution in [0.4, 0.5) is 11.5 Å². The molecule has 1 N–H and O–H groups in total. The Morgan fingerprint density at radius 2 is 2.31 bits per heavy atom. The van der Waals surface area contributed by atoms with E-state index in [4.69, 9.17) is 0 Å². The highest BCUT2D eigenvalue weighted by Crippen LogP contribution is 2.32. The zero-order chi connectivity index (χ0) is 11.7. The summed E-state index contributed by atoms with van der Waals surface area (Å²) >= 11 is 3.18. The van der Waals surface area contributed by atoms with Crippen molar-refractivity contribution in [1.29, 1.82) is 0 Å². The van der Waals surface area contributed by atoms with Crippen molar-refractivity contribution in [3.63, 3.8) is 0 Å². The average molecular weight is 286 g/mol. The number of nitrogens with zero attached hydrogens (tertiary/aromatic N) is 2. The molecule has 0 atom stereocenters. The lowest BCUT2D eigenvalue weighted by atomic mass is 9.82. The Morgan fingerprint density at radius 1 is 1.62 bits per heavy atom. The fourth-order valence-electron chi connectivity index (χ4n) is 1.89. The third-order valence-corrected chi connectivity index (χ3v) is 3.18. The molecule has 2 rings (SSSR count). The van der Waals surface area contributed by atoms with E-state index in [-0.39, 0.29) is 5.69 Å². The second kappa shape index (κ2) is 4.37. The van der Waals surface area contributed by atoms with Gasteiger partial charge in [-0.05, 0) is 34.7 Å². The van der Waals surface area contributed by atoms with Crippen LogP contribution in [0.15, 0.2) is 16.7 Å². The second-order valence-corrected chi connectivity index (χ2v) is 5.11. The maximum absolute atomic E-state index is 10.8. The van der Waals surface area contributed by atoms with E-state index in [1.165, 1.54) is 6.07 Å². The number of halogens is 1. The van der Waals surface area contributed by atoms with Crippen LogP contribution in [0.3, 0.4) is 0 Å². The van der Waals surface area contributed by atoms with Crippen LogP contribution in [0.1, 0.15) is 19.8 Å². The van der Waals surface area contributed by atoms with Gasteiger partial charge >= 0.3 is 5.69 Å². The quantitative estimate of drug-likeness (QED) is 0.685. The molecule has 1 aliphatic rings. The maximum Gasteiger partial charge on any atom is 0.312 e. The molecule has 5 nitrogen and oxygen atoms in total. The van der Waals surface area contributed by atoms with E-state index in [1.54, 1.807) is 6.20 Å². The molecule has 0 amide bonds. The molecule has 0 radical (unpaired) electrons. The van der Waals surface area contributed by atoms with E-state index in [1.807, 2.05) is 0 Å². The standard InChI is InChI=1S/C10H12BrN3O2/c1-6-2-8(3-6)13-10-9(14(15)16)4-7(11)5-12-10/h4-6,8H,2-3H2,1H3,(H,12,13). The van der Waals surface area contributed by atoms with Gasteiger partial charge in [0, 0.05) is 22.8 Å². The molecule has 16 heavy (non-hydrogen) atoms. The number of nitro groups is 1. The van der Waals surface area contributed by atoms with Gasteiger partial charge in [0.05, 0.1) is 4.92 Å². The molecule has 1 aromatic rings. The SMILES string of the molecule is CC1CC(Nc2ncc(Br)cc2[N+](=O)[O-])C1. The Morgan fingerprint density at radius 3 is 2.88 bits per heavy atom. The Balaban J connectivity index is 2.16. The van der Waals surface area contributed by atoms with Crippen LogP contribution in [0, 0.1) is 16.0 Å². The fourth-order valence-corrected chi connectivity index (χ4v) is 2.21. The van der Waals surface area contributed by atoms with E-state index in [2.05, 4.69) is 33.2 Å². The van der Waals surface area contributed by atoms with Crippen molar-refractivity contribution in [2.24, 2.45) is 5.92 Å². The minimum atomic E-state index is -0.414. The second-order valence-electron chi connectivity index (χ2n) is 4.20. The highest BCUT2D eigenvalue weighted by atomic mass is 79.9.